The highest BCUT2D eigenvalue weighted by atomic mass is 16.5. The molecular weight excluding hydrogens is 216 g/mol. The third kappa shape index (κ3) is 2.78. The minimum atomic E-state index is -0.0859. The molecule has 0 aromatic heterocycles. The molecule has 0 unspecified atom stereocenters. The summed E-state index contributed by atoms with van der Waals surface area (Å²) in [4.78, 5) is 11.4. The first-order valence-corrected chi connectivity index (χ1v) is 6.04. The van der Waals surface area contributed by atoms with Crippen LogP contribution in [0, 0.1) is 5.92 Å². The average molecular weight is 234 g/mol. The molecule has 0 amide bonds. The lowest BCUT2D eigenvalue weighted by Crippen LogP contribution is -2.11. The number of hydrogen-bond acceptors (Lipinski definition) is 3. The van der Waals surface area contributed by atoms with E-state index in [1.54, 1.807) is 7.11 Å². The Morgan fingerprint density at radius 3 is 2.82 bits per heavy atom. The van der Waals surface area contributed by atoms with Crippen LogP contribution >= 0.6 is 0 Å². The lowest BCUT2D eigenvalue weighted by Gasteiger charge is -2.07. The summed E-state index contributed by atoms with van der Waals surface area (Å²) in [5.74, 6) is 1.19. The summed E-state index contributed by atoms with van der Waals surface area (Å²) in [6.07, 6.45) is 2.44. The number of hydrogen-bond donors (Lipinski definition) is 0. The highest BCUT2D eigenvalue weighted by Gasteiger charge is 2.24. The zero-order valence-corrected chi connectivity index (χ0v) is 10.4. The van der Waals surface area contributed by atoms with Gasteiger partial charge in [0.25, 0.3) is 0 Å². The van der Waals surface area contributed by atoms with Crippen molar-refractivity contribution in [3.8, 4) is 5.75 Å². The van der Waals surface area contributed by atoms with Crippen molar-refractivity contribution in [2.24, 2.45) is 5.92 Å². The van der Waals surface area contributed by atoms with Crippen LogP contribution in [0.25, 0.3) is 0 Å². The first kappa shape index (κ1) is 12.0. The largest absolute Gasteiger partial charge is 0.497 e. The first-order valence-electron chi connectivity index (χ1n) is 6.04. The average Bonchev–Trinajstić information content (AvgIpc) is 2.69. The molecule has 0 radical (unpaired) electrons. The van der Waals surface area contributed by atoms with Gasteiger partial charge in [-0.05, 0) is 48.9 Å². The van der Waals surface area contributed by atoms with E-state index in [0.29, 0.717) is 18.9 Å². The van der Waals surface area contributed by atoms with Gasteiger partial charge in [0.2, 0.25) is 0 Å². The Morgan fingerprint density at radius 1 is 1.35 bits per heavy atom. The van der Waals surface area contributed by atoms with Crippen molar-refractivity contribution in [3.63, 3.8) is 0 Å². The first-order chi connectivity index (χ1) is 8.22. The van der Waals surface area contributed by atoms with E-state index in [0.717, 1.165) is 18.6 Å². The fraction of sp³-hybridized carbons (Fsp3) is 0.500. The summed E-state index contributed by atoms with van der Waals surface area (Å²) in [5, 5.41) is 0. The highest BCUT2D eigenvalue weighted by molar-refractivity contribution is 5.70. The molecule has 92 valence electrons. The van der Waals surface area contributed by atoms with Gasteiger partial charge in [-0.3, -0.25) is 4.79 Å². The number of esters is 1. The minimum Gasteiger partial charge on any atom is -0.497 e. The molecule has 0 saturated heterocycles. The van der Waals surface area contributed by atoms with Gasteiger partial charge >= 0.3 is 5.97 Å². The van der Waals surface area contributed by atoms with Crippen LogP contribution in [0.15, 0.2) is 18.2 Å². The summed E-state index contributed by atoms with van der Waals surface area (Å²) >= 11 is 0. The molecular formula is C14H18O3. The summed E-state index contributed by atoms with van der Waals surface area (Å²) in [6.45, 7) is 2.30. The number of fused-ring (bicyclic) bond motifs is 1. The van der Waals surface area contributed by atoms with E-state index in [4.69, 9.17) is 9.47 Å². The van der Waals surface area contributed by atoms with E-state index in [9.17, 15) is 4.79 Å². The van der Waals surface area contributed by atoms with Crippen molar-refractivity contribution in [2.75, 3.05) is 13.7 Å². The third-order valence-corrected chi connectivity index (χ3v) is 3.19. The van der Waals surface area contributed by atoms with Crippen LogP contribution < -0.4 is 4.74 Å². The van der Waals surface area contributed by atoms with Gasteiger partial charge < -0.3 is 9.47 Å². The van der Waals surface area contributed by atoms with Crippen molar-refractivity contribution < 1.29 is 14.3 Å². The van der Waals surface area contributed by atoms with E-state index >= 15 is 0 Å². The number of methoxy groups -OCH3 is 1. The van der Waals surface area contributed by atoms with Crippen LogP contribution in [0.5, 0.6) is 5.75 Å². The zero-order valence-electron chi connectivity index (χ0n) is 10.4. The Bertz CT molecular complexity index is 412. The molecule has 0 aliphatic heterocycles. The van der Waals surface area contributed by atoms with E-state index in [1.807, 2.05) is 13.0 Å². The van der Waals surface area contributed by atoms with Crippen molar-refractivity contribution >= 4 is 5.97 Å². The van der Waals surface area contributed by atoms with Crippen LogP contribution in [0.3, 0.4) is 0 Å². The molecule has 0 N–H and O–H groups in total. The van der Waals surface area contributed by atoms with Gasteiger partial charge in [0, 0.05) is 6.42 Å². The number of rotatable bonds is 4. The summed E-state index contributed by atoms with van der Waals surface area (Å²) in [6, 6.07) is 6.14. The predicted molar refractivity (Wildman–Crippen MR) is 65.1 cm³/mol. The molecule has 2 rings (SSSR count). The third-order valence-electron chi connectivity index (χ3n) is 3.19. The maximum Gasteiger partial charge on any atom is 0.306 e. The second kappa shape index (κ2) is 5.21. The van der Waals surface area contributed by atoms with E-state index < -0.39 is 0 Å². The van der Waals surface area contributed by atoms with Crippen molar-refractivity contribution in [3.05, 3.63) is 29.3 Å². The number of benzene rings is 1. The van der Waals surface area contributed by atoms with Gasteiger partial charge in [0.05, 0.1) is 13.7 Å². The second-order valence-corrected chi connectivity index (χ2v) is 4.42. The van der Waals surface area contributed by atoms with Gasteiger partial charge in [-0.1, -0.05) is 6.07 Å². The number of ether oxygens (including phenoxy) is 2. The minimum absolute atomic E-state index is 0.0859. The maximum absolute atomic E-state index is 11.4. The van der Waals surface area contributed by atoms with Crippen LogP contribution in [-0.4, -0.2) is 19.7 Å². The molecule has 3 heteroatoms. The van der Waals surface area contributed by atoms with Crippen LogP contribution in [0.4, 0.5) is 0 Å². The quantitative estimate of drug-likeness (QED) is 0.750. The predicted octanol–water partition coefficient (Wildman–Crippen LogP) is 2.36. The molecule has 0 saturated carbocycles. The number of carbonyl (C=O) groups is 1. The normalized spacial score (nSPS) is 17.6. The SMILES string of the molecule is CCOC(=O)C[C@@H]1Cc2ccc(OC)cc2C1. The van der Waals surface area contributed by atoms with Gasteiger partial charge in [-0.15, -0.1) is 0 Å². The molecule has 0 heterocycles. The topological polar surface area (TPSA) is 35.5 Å². The molecule has 1 atom stereocenters. The van der Waals surface area contributed by atoms with Crippen LogP contribution in [-0.2, 0) is 22.4 Å². The molecule has 17 heavy (non-hydrogen) atoms. The van der Waals surface area contributed by atoms with Gasteiger partial charge in [0.1, 0.15) is 5.75 Å². The molecule has 3 nitrogen and oxygen atoms in total. The smallest absolute Gasteiger partial charge is 0.306 e. The fourth-order valence-corrected chi connectivity index (χ4v) is 2.41. The van der Waals surface area contributed by atoms with Crippen molar-refractivity contribution in [2.45, 2.75) is 26.2 Å². The molecule has 0 bridgehead atoms. The monoisotopic (exact) mass is 234 g/mol. The fourth-order valence-electron chi connectivity index (χ4n) is 2.41. The zero-order chi connectivity index (χ0) is 12.3. The lowest BCUT2D eigenvalue weighted by molar-refractivity contribution is -0.144. The van der Waals surface area contributed by atoms with Crippen LogP contribution in [0.2, 0.25) is 0 Å². The molecule has 1 aromatic rings. The maximum atomic E-state index is 11.4. The summed E-state index contributed by atoms with van der Waals surface area (Å²) < 4.78 is 10.2. The second-order valence-electron chi connectivity index (χ2n) is 4.42. The Morgan fingerprint density at radius 2 is 2.12 bits per heavy atom. The Labute approximate surface area is 102 Å². The Balaban J connectivity index is 1.98. The van der Waals surface area contributed by atoms with Crippen molar-refractivity contribution in [1.82, 2.24) is 0 Å². The van der Waals surface area contributed by atoms with Crippen LogP contribution in [0.1, 0.15) is 24.5 Å². The summed E-state index contributed by atoms with van der Waals surface area (Å²) in [5.41, 5.74) is 2.64. The summed E-state index contributed by atoms with van der Waals surface area (Å²) in [7, 11) is 1.67. The molecule has 1 aliphatic carbocycles. The van der Waals surface area contributed by atoms with Crippen molar-refractivity contribution in [1.29, 1.82) is 0 Å². The van der Waals surface area contributed by atoms with Gasteiger partial charge in [-0.25, -0.2) is 0 Å². The van der Waals surface area contributed by atoms with E-state index in [-0.39, 0.29) is 5.97 Å². The van der Waals surface area contributed by atoms with Gasteiger partial charge in [-0.2, -0.15) is 0 Å². The molecule has 1 aromatic carbocycles. The van der Waals surface area contributed by atoms with Gasteiger partial charge in [0.15, 0.2) is 0 Å². The molecule has 1 aliphatic rings. The number of carbonyl (C=O) groups excluding carboxylic acids is 1. The van der Waals surface area contributed by atoms with E-state index in [2.05, 4.69) is 12.1 Å². The Kier molecular flexibility index (Phi) is 3.67. The molecule has 0 fully saturated rings. The highest BCUT2D eigenvalue weighted by Crippen LogP contribution is 2.31. The van der Waals surface area contributed by atoms with E-state index in [1.165, 1.54) is 11.1 Å². The molecule has 0 spiro atoms. The lowest BCUT2D eigenvalue weighted by atomic mass is 10.0. The standard InChI is InChI=1S/C14H18O3/c1-3-17-14(15)8-10-6-11-4-5-13(16-2)9-12(11)7-10/h4-5,9-10H,3,6-8H2,1-2H3/t10-/m1/s1. The Hall–Kier alpha value is -1.51.